The summed E-state index contributed by atoms with van der Waals surface area (Å²) in [6.45, 7) is 0.589. The van der Waals surface area contributed by atoms with Crippen LogP contribution in [0.2, 0.25) is 0 Å². The molecule has 1 aromatic heterocycles. The third-order valence-corrected chi connectivity index (χ3v) is 6.65. The smallest absolute Gasteiger partial charge is 0.264 e. The first-order valence-corrected chi connectivity index (χ1v) is 10.2. The number of sulfonamides is 1. The molecule has 1 aromatic carbocycles. The topological polar surface area (TPSA) is 79.4 Å². The average molecular weight is 373 g/mol. The minimum Gasteiger partial charge on any atom is -0.352 e. The second-order valence-corrected chi connectivity index (χ2v) is 8.48. The summed E-state index contributed by atoms with van der Waals surface area (Å²) in [6, 6.07) is 9.64. The van der Waals surface area contributed by atoms with Gasteiger partial charge in [0.05, 0.1) is 17.4 Å². The van der Waals surface area contributed by atoms with Crippen molar-refractivity contribution in [1.29, 1.82) is 0 Å². The van der Waals surface area contributed by atoms with Crippen molar-refractivity contribution in [3.05, 3.63) is 54.4 Å². The van der Waals surface area contributed by atoms with Gasteiger partial charge in [0.25, 0.3) is 15.9 Å². The highest BCUT2D eigenvalue weighted by molar-refractivity contribution is 7.92. The first-order chi connectivity index (χ1) is 12.5. The summed E-state index contributed by atoms with van der Waals surface area (Å²) in [5, 5.41) is 2.90. The van der Waals surface area contributed by atoms with Crippen LogP contribution < -0.4 is 9.62 Å². The Bertz CT molecular complexity index is 863. The summed E-state index contributed by atoms with van der Waals surface area (Å²) in [5.41, 5.74) is 0.606. The van der Waals surface area contributed by atoms with Crippen LogP contribution in [0.5, 0.6) is 0 Å². The normalized spacial score (nSPS) is 15.0. The van der Waals surface area contributed by atoms with Gasteiger partial charge in [-0.2, -0.15) is 0 Å². The fraction of sp³-hybridized carbons (Fsp3) is 0.368. The number of rotatable bonds is 6. The first-order valence-electron chi connectivity index (χ1n) is 8.76. The number of aromatic nitrogens is 1. The number of amides is 1. The van der Waals surface area contributed by atoms with Crippen LogP contribution >= 0.6 is 0 Å². The largest absolute Gasteiger partial charge is 0.352 e. The second kappa shape index (κ2) is 7.86. The van der Waals surface area contributed by atoms with Gasteiger partial charge in [-0.25, -0.2) is 8.42 Å². The first kappa shape index (κ1) is 18.4. The Hall–Kier alpha value is -2.41. The highest BCUT2D eigenvalue weighted by atomic mass is 32.2. The molecule has 1 amide bonds. The maximum atomic E-state index is 13.0. The van der Waals surface area contributed by atoms with Crippen LogP contribution in [0.3, 0.4) is 0 Å². The Morgan fingerprint density at radius 1 is 1.19 bits per heavy atom. The van der Waals surface area contributed by atoms with Crippen molar-refractivity contribution in [2.75, 3.05) is 17.9 Å². The van der Waals surface area contributed by atoms with Gasteiger partial charge in [0.2, 0.25) is 0 Å². The number of hydrogen-bond donors (Lipinski definition) is 1. The molecule has 0 aliphatic heterocycles. The van der Waals surface area contributed by atoms with E-state index in [0.29, 0.717) is 18.2 Å². The monoisotopic (exact) mass is 373 g/mol. The van der Waals surface area contributed by atoms with Crippen molar-refractivity contribution in [1.82, 2.24) is 10.3 Å². The van der Waals surface area contributed by atoms with Crippen molar-refractivity contribution in [2.45, 2.75) is 30.6 Å². The van der Waals surface area contributed by atoms with E-state index in [9.17, 15) is 13.2 Å². The average Bonchev–Trinajstić information content (AvgIpc) is 3.20. The van der Waals surface area contributed by atoms with Crippen LogP contribution in [-0.4, -0.2) is 32.9 Å². The lowest BCUT2D eigenvalue weighted by Gasteiger charge is -2.21. The van der Waals surface area contributed by atoms with Crippen LogP contribution in [0.25, 0.3) is 0 Å². The number of carbonyl (C=O) groups excluding carboxylic acids is 1. The standard InChI is InChI=1S/C19H23N3O3S/c1-22(16-9-6-12-20-14-16)26(24,25)18-11-5-4-10-17(18)19(23)21-13-15-7-2-3-8-15/h4-6,9-12,14-15H,2-3,7-8,13H2,1H3,(H,21,23). The van der Waals surface area contributed by atoms with Gasteiger partial charge in [0.1, 0.15) is 4.90 Å². The summed E-state index contributed by atoms with van der Waals surface area (Å²) in [4.78, 5) is 16.6. The van der Waals surface area contributed by atoms with E-state index in [1.54, 1.807) is 36.5 Å². The lowest BCUT2D eigenvalue weighted by atomic mass is 10.1. The summed E-state index contributed by atoms with van der Waals surface area (Å²) < 4.78 is 27.2. The Labute approximate surface area is 154 Å². The molecule has 138 valence electrons. The van der Waals surface area contributed by atoms with Crippen LogP contribution in [0.1, 0.15) is 36.0 Å². The molecule has 1 aliphatic carbocycles. The molecule has 0 bridgehead atoms. The summed E-state index contributed by atoms with van der Waals surface area (Å²) in [7, 11) is -2.41. The van der Waals surface area contributed by atoms with E-state index in [1.165, 1.54) is 32.2 Å². The van der Waals surface area contributed by atoms with Crippen LogP contribution in [0.4, 0.5) is 5.69 Å². The van der Waals surface area contributed by atoms with E-state index in [2.05, 4.69) is 10.3 Å². The predicted octanol–water partition coefficient (Wildman–Crippen LogP) is 2.83. The third kappa shape index (κ3) is 3.88. The lowest BCUT2D eigenvalue weighted by Crippen LogP contribution is -2.32. The highest BCUT2D eigenvalue weighted by Gasteiger charge is 2.27. The maximum absolute atomic E-state index is 13.0. The van der Waals surface area contributed by atoms with E-state index >= 15 is 0 Å². The van der Waals surface area contributed by atoms with Crippen molar-refractivity contribution < 1.29 is 13.2 Å². The zero-order chi connectivity index (χ0) is 18.6. The fourth-order valence-electron chi connectivity index (χ4n) is 3.25. The van der Waals surface area contributed by atoms with Gasteiger partial charge in [0, 0.05) is 19.8 Å². The number of nitrogens with one attached hydrogen (secondary N) is 1. The van der Waals surface area contributed by atoms with Gasteiger partial charge in [-0.05, 0) is 43.0 Å². The molecule has 1 heterocycles. The van der Waals surface area contributed by atoms with Crippen molar-refractivity contribution in [3.63, 3.8) is 0 Å². The van der Waals surface area contributed by atoms with Crippen molar-refractivity contribution in [2.24, 2.45) is 5.92 Å². The third-order valence-electron chi connectivity index (χ3n) is 4.81. The molecular formula is C19H23N3O3S. The van der Waals surface area contributed by atoms with Crippen LogP contribution in [-0.2, 0) is 10.0 Å². The fourth-order valence-corrected chi connectivity index (χ4v) is 4.62. The number of hydrogen-bond acceptors (Lipinski definition) is 4. The molecule has 7 heteroatoms. The number of nitrogens with zero attached hydrogens (tertiary/aromatic N) is 2. The maximum Gasteiger partial charge on any atom is 0.264 e. The van der Waals surface area contributed by atoms with E-state index in [4.69, 9.17) is 0 Å². The molecule has 6 nitrogen and oxygen atoms in total. The van der Waals surface area contributed by atoms with Gasteiger partial charge in [0.15, 0.2) is 0 Å². The highest BCUT2D eigenvalue weighted by Crippen LogP contribution is 2.25. The Kier molecular flexibility index (Phi) is 5.56. The molecule has 1 N–H and O–H groups in total. The lowest BCUT2D eigenvalue weighted by molar-refractivity contribution is 0.0944. The van der Waals surface area contributed by atoms with Crippen molar-refractivity contribution in [3.8, 4) is 0 Å². The summed E-state index contributed by atoms with van der Waals surface area (Å²) in [5.74, 6) is 0.136. The van der Waals surface area contributed by atoms with Gasteiger partial charge in [-0.1, -0.05) is 25.0 Å². The molecule has 2 aromatic rings. The van der Waals surface area contributed by atoms with E-state index < -0.39 is 10.0 Å². The summed E-state index contributed by atoms with van der Waals surface area (Å²) in [6.07, 6.45) is 7.67. The zero-order valence-corrected chi connectivity index (χ0v) is 15.6. The van der Waals surface area contributed by atoms with Gasteiger partial charge >= 0.3 is 0 Å². The predicted molar refractivity (Wildman–Crippen MR) is 101 cm³/mol. The molecule has 0 spiro atoms. The van der Waals surface area contributed by atoms with Gasteiger partial charge in [-0.15, -0.1) is 0 Å². The minimum absolute atomic E-state index is 0.00437. The molecular weight excluding hydrogens is 350 g/mol. The van der Waals surface area contributed by atoms with E-state index in [1.807, 2.05) is 0 Å². The van der Waals surface area contributed by atoms with E-state index in [0.717, 1.165) is 17.1 Å². The van der Waals surface area contributed by atoms with E-state index in [-0.39, 0.29) is 16.4 Å². The molecule has 0 unspecified atom stereocenters. The Balaban J connectivity index is 1.84. The van der Waals surface area contributed by atoms with Crippen LogP contribution in [0, 0.1) is 5.92 Å². The number of benzene rings is 1. The molecule has 1 fully saturated rings. The molecule has 3 rings (SSSR count). The minimum atomic E-state index is -3.87. The summed E-state index contributed by atoms with van der Waals surface area (Å²) >= 11 is 0. The molecule has 1 saturated carbocycles. The number of anilines is 1. The molecule has 1 aliphatic rings. The molecule has 0 atom stereocenters. The second-order valence-electron chi connectivity index (χ2n) is 6.54. The van der Waals surface area contributed by atoms with Crippen LogP contribution in [0.15, 0.2) is 53.7 Å². The molecule has 0 radical (unpaired) electrons. The molecule has 0 saturated heterocycles. The SMILES string of the molecule is CN(c1cccnc1)S(=O)(=O)c1ccccc1C(=O)NCC1CCCC1. The number of carbonyl (C=O) groups is 1. The van der Waals surface area contributed by atoms with Crippen molar-refractivity contribution >= 4 is 21.6 Å². The van der Waals surface area contributed by atoms with Gasteiger partial charge in [-0.3, -0.25) is 14.1 Å². The number of pyridine rings is 1. The molecule has 26 heavy (non-hydrogen) atoms. The quantitative estimate of drug-likeness (QED) is 0.844. The Morgan fingerprint density at radius 3 is 2.62 bits per heavy atom. The Morgan fingerprint density at radius 2 is 1.92 bits per heavy atom. The zero-order valence-electron chi connectivity index (χ0n) is 14.8. The van der Waals surface area contributed by atoms with Gasteiger partial charge < -0.3 is 5.32 Å².